The third-order valence-electron chi connectivity index (χ3n) is 4.97. The number of nitrogens with zero attached hydrogens (tertiary/aromatic N) is 3. The number of ether oxygens (including phenoxy) is 1. The van der Waals surface area contributed by atoms with Gasteiger partial charge in [-0.05, 0) is 55.0 Å². The number of aromatic nitrogens is 3. The number of benzene rings is 2. The number of imidazole rings is 1. The molecule has 2 aromatic heterocycles. The van der Waals surface area contributed by atoms with Gasteiger partial charge in [0.25, 0.3) is 5.91 Å². The van der Waals surface area contributed by atoms with Crippen molar-refractivity contribution in [3.8, 4) is 17.0 Å². The summed E-state index contributed by atoms with van der Waals surface area (Å²) < 4.78 is 31.0. The molecule has 4 N–H and O–H groups in total. The smallest absolute Gasteiger partial charge is 0.387 e. The molecule has 33 heavy (non-hydrogen) atoms. The van der Waals surface area contributed by atoms with E-state index in [9.17, 15) is 13.6 Å². The van der Waals surface area contributed by atoms with Gasteiger partial charge in [-0.25, -0.2) is 9.97 Å². The molecule has 4 aromatic rings. The molecule has 2 aromatic carbocycles. The van der Waals surface area contributed by atoms with Crippen LogP contribution in [0.1, 0.15) is 15.9 Å². The van der Waals surface area contributed by atoms with Gasteiger partial charge in [-0.2, -0.15) is 8.78 Å². The van der Waals surface area contributed by atoms with E-state index in [0.717, 1.165) is 22.5 Å². The molecular formula is C23H22F2N6O2. The first kappa shape index (κ1) is 22.2. The van der Waals surface area contributed by atoms with Crippen LogP contribution >= 0.6 is 0 Å². The first-order valence-electron chi connectivity index (χ1n) is 10.2. The molecule has 4 rings (SSSR count). The number of anilines is 2. The fraction of sp³-hybridized carbons (Fsp3) is 0.174. The number of halogens is 2. The molecule has 0 saturated carbocycles. The molecule has 0 aliphatic heterocycles. The van der Waals surface area contributed by atoms with Crippen LogP contribution < -0.4 is 21.1 Å². The fourth-order valence-electron chi connectivity index (χ4n) is 3.44. The summed E-state index contributed by atoms with van der Waals surface area (Å²) in [7, 11) is 0. The van der Waals surface area contributed by atoms with Gasteiger partial charge in [0.05, 0.1) is 11.9 Å². The molecule has 2 heterocycles. The summed E-state index contributed by atoms with van der Waals surface area (Å²) in [6.45, 7) is -0.232. The second kappa shape index (κ2) is 9.61. The number of aryl methyl sites for hydroxylation is 1. The molecule has 0 atom stereocenters. The van der Waals surface area contributed by atoms with Gasteiger partial charge in [0.1, 0.15) is 5.75 Å². The molecule has 0 spiro atoms. The van der Waals surface area contributed by atoms with Crippen LogP contribution in [0.3, 0.4) is 0 Å². The number of alkyl halides is 2. The number of amides is 1. The maximum absolute atomic E-state index is 12.4. The zero-order valence-corrected chi connectivity index (χ0v) is 17.8. The molecule has 0 fully saturated rings. The first-order chi connectivity index (χ1) is 16.0. The molecule has 0 bridgehead atoms. The van der Waals surface area contributed by atoms with E-state index in [1.165, 1.54) is 12.1 Å². The third-order valence-corrected chi connectivity index (χ3v) is 4.97. The van der Waals surface area contributed by atoms with Crippen molar-refractivity contribution in [2.45, 2.75) is 13.5 Å². The Balaban J connectivity index is 1.58. The Hall–Kier alpha value is -4.05. The van der Waals surface area contributed by atoms with E-state index < -0.39 is 6.61 Å². The van der Waals surface area contributed by atoms with Crippen molar-refractivity contribution in [3.63, 3.8) is 0 Å². The van der Waals surface area contributed by atoms with Gasteiger partial charge >= 0.3 is 6.61 Å². The Morgan fingerprint density at radius 1 is 1.18 bits per heavy atom. The topological polar surface area (TPSA) is 107 Å². The Kier molecular flexibility index (Phi) is 6.45. The molecular weight excluding hydrogens is 430 g/mol. The van der Waals surface area contributed by atoms with Crippen LogP contribution in [0.25, 0.3) is 16.9 Å². The first-order valence-corrected chi connectivity index (χ1v) is 10.2. The van der Waals surface area contributed by atoms with Crippen LogP contribution in [0.4, 0.5) is 20.3 Å². The van der Waals surface area contributed by atoms with Crippen molar-refractivity contribution >= 4 is 23.1 Å². The average molecular weight is 452 g/mol. The van der Waals surface area contributed by atoms with E-state index >= 15 is 0 Å². The van der Waals surface area contributed by atoms with Crippen LogP contribution in [0, 0.1) is 6.92 Å². The molecule has 1 amide bonds. The zero-order chi connectivity index (χ0) is 23.4. The summed E-state index contributed by atoms with van der Waals surface area (Å²) in [5.41, 5.74) is 9.70. The average Bonchev–Trinajstić information content (AvgIpc) is 3.23. The van der Waals surface area contributed by atoms with E-state index in [1.807, 2.05) is 17.4 Å². The zero-order valence-electron chi connectivity index (χ0n) is 17.8. The van der Waals surface area contributed by atoms with E-state index in [4.69, 9.17) is 5.73 Å². The van der Waals surface area contributed by atoms with Crippen molar-refractivity contribution in [1.82, 2.24) is 19.7 Å². The Bertz CT molecular complexity index is 1270. The third kappa shape index (κ3) is 4.90. The van der Waals surface area contributed by atoms with Crippen LogP contribution in [-0.4, -0.2) is 40.0 Å². The minimum absolute atomic E-state index is 0.0853. The van der Waals surface area contributed by atoms with E-state index in [0.29, 0.717) is 30.1 Å². The standard InChI is InChI=1S/C23H22F2N6O2/c1-14-12-16(4-7-18(14)22(32)28-9-8-26)30-20-21-29-13-19(31(21)11-10-27-20)15-2-5-17(6-3-15)33-23(24)25/h2-7,10-13,23H,8-9,26H2,1H3,(H,27,30)(H,28,32). The van der Waals surface area contributed by atoms with Crippen LogP contribution in [0.15, 0.2) is 61.1 Å². The number of carbonyl (C=O) groups is 1. The normalized spacial score (nSPS) is 11.1. The lowest BCUT2D eigenvalue weighted by Gasteiger charge is -2.11. The van der Waals surface area contributed by atoms with Crippen molar-refractivity contribution < 1.29 is 18.3 Å². The highest BCUT2D eigenvalue weighted by Crippen LogP contribution is 2.27. The van der Waals surface area contributed by atoms with Gasteiger partial charge in [0.15, 0.2) is 11.5 Å². The van der Waals surface area contributed by atoms with Gasteiger partial charge in [0, 0.05) is 42.3 Å². The minimum Gasteiger partial charge on any atom is -0.435 e. The second-order valence-electron chi connectivity index (χ2n) is 7.22. The number of fused-ring (bicyclic) bond motifs is 1. The Labute approximate surface area is 188 Å². The number of hydrogen-bond donors (Lipinski definition) is 3. The van der Waals surface area contributed by atoms with Gasteiger partial charge in [0.2, 0.25) is 0 Å². The summed E-state index contributed by atoms with van der Waals surface area (Å²) in [6, 6.07) is 11.7. The van der Waals surface area contributed by atoms with Gasteiger partial charge < -0.3 is 21.1 Å². The highest BCUT2D eigenvalue weighted by molar-refractivity contribution is 5.96. The quantitative estimate of drug-likeness (QED) is 0.376. The summed E-state index contributed by atoms with van der Waals surface area (Å²) >= 11 is 0. The number of nitrogens with two attached hydrogens (primary N) is 1. The van der Waals surface area contributed by atoms with Crippen LogP contribution in [0.2, 0.25) is 0 Å². The predicted molar refractivity (Wildman–Crippen MR) is 121 cm³/mol. The summed E-state index contributed by atoms with van der Waals surface area (Å²) in [5.74, 6) is 0.441. The largest absolute Gasteiger partial charge is 0.435 e. The maximum atomic E-state index is 12.4. The molecule has 0 unspecified atom stereocenters. The molecule has 10 heteroatoms. The van der Waals surface area contributed by atoms with Crippen molar-refractivity contribution in [3.05, 3.63) is 72.2 Å². The van der Waals surface area contributed by atoms with Crippen molar-refractivity contribution in [2.24, 2.45) is 5.73 Å². The lowest BCUT2D eigenvalue weighted by molar-refractivity contribution is -0.0498. The highest BCUT2D eigenvalue weighted by atomic mass is 19.3. The fourth-order valence-corrected chi connectivity index (χ4v) is 3.44. The predicted octanol–water partition coefficient (Wildman–Crippen LogP) is 3.74. The van der Waals surface area contributed by atoms with E-state index in [1.54, 1.807) is 42.9 Å². The Morgan fingerprint density at radius 2 is 1.97 bits per heavy atom. The van der Waals surface area contributed by atoms with Gasteiger partial charge in [-0.3, -0.25) is 9.20 Å². The monoisotopic (exact) mass is 452 g/mol. The molecule has 0 aliphatic rings. The SMILES string of the molecule is Cc1cc(Nc2nccn3c(-c4ccc(OC(F)F)cc4)cnc23)ccc1C(=O)NCCN. The summed E-state index contributed by atoms with van der Waals surface area (Å²) in [4.78, 5) is 21.1. The lowest BCUT2D eigenvalue weighted by Crippen LogP contribution is -2.29. The lowest BCUT2D eigenvalue weighted by atomic mass is 10.1. The molecule has 0 saturated heterocycles. The van der Waals surface area contributed by atoms with Crippen LogP contribution in [-0.2, 0) is 0 Å². The number of carbonyl (C=O) groups excluding carboxylic acids is 1. The summed E-state index contributed by atoms with van der Waals surface area (Å²) in [6.07, 6.45) is 5.08. The van der Waals surface area contributed by atoms with Crippen molar-refractivity contribution in [1.29, 1.82) is 0 Å². The minimum atomic E-state index is -2.87. The number of nitrogens with one attached hydrogen (secondary N) is 2. The van der Waals surface area contributed by atoms with E-state index in [-0.39, 0.29) is 11.7 Å². The van der Waals surface area contributed by atoms with Crippen molar-refractivity contribution in [2.75, 3.05) is 18.4 Å². The summed E-state index contributed by atoms with van der Waals surface area (Å²) in [5, 5.41) is 6.00. The molecule has 0 aliphatic carbocycles. The molecule has 0 radical (unpaired) electrons. The Morgan fingerprint density at radius 3 is 2.67 bits per heavy atom. The highest BCUT2D eigenvalue weighted by Gasteiger charge is 2.13. The molecule has 8 nitrogen and oxygen atoms in total. The van der Waals surface area contributed by atoms with Gasteiger partial charge in [-0.15, -0.1) is 0 Å². The maximum Gasteiger partial charge on any atom is 0.387 e. The second-order valence-corrected chi connectivity index (χ2v) is 7.22. The molecule has 170 valence electrons. The van der Waals surface area contributed by atoms with E-state index in [2.05, 4.69) is 25.3 Å². The van der Waals surface area contributed by atoms with Gasteiger partial charge in [-0.1, -0.05) is 0 Å². The number of rotatable bonds is 8. The number of hydrogen-bond acceptors (Lipinski definition) is 6. The van der Waals surface area contributed by atoms with Crippen LogP contribution in [0.5, 0.6) is 5.75 Å².